The molecule has 0 fully saturated rings. The van der Waals surface area contributed by atoms with Gasteiger partial charge < -0.3 is 11.1 Å². The molecule has 0 spiro atoms. The summed E-state index contributed by atoms with van der Waals surface area (Å²) in [7, 11) is 0. The predicted molar refractivity (Wildman–Crippen MR) is 156 cm³/mol. The molecular weight excluding hydrogens is 430 g/mol. The Hall–Kier alpha value is -3.40. The largest absolute Gasteiger partial charge is 0.384 e. The highest BCUT2D eigenvalue weighted by molar-refractivity contribution is 5.93. The van der Waals surface area contributed by atoms with Gasteiger partial charge in [0.05, 0.1) is 6.42 Å². The monoisotopic (exact) mass is 475 g/mol. The molecule has 0 aromatic heterocycles. The van der Waals surface area contributed by atoms with Crippen LogP contribution in [-0.4, -0.2) is 11.6 Å². The summed E-state index contributed by atoms with van der Waals surface area (Å²) in [5.74, 6) is 0.924. The first-order valence-corrected chi connectivity index (χ1v) is 12.4. The van der Waals surface area contributed by atoms with E-state index in [4.69, 9.17) is 5.73 Å². The van der Waals surface area contributed by atoms with Gasteiger partial charge in [0.25, 0.3) is 0 Å². The zero-order valence-electron chi connectivity index (χ0n) is 22.8. The molecule has 0 heterocycles. The minimum absolute atomic E-state index is 0.0110. The van der Waals surface area contributed by atoms with Gasteiger partial charge in [-0.3, -0.25) is 4.79 Å². The summed E-state index contributed by atoms with van der Waals surface area (Å²) >= 11 is 0. The van der Waals surface area contributed by atoms with Crippen molar-refractivity contribution in [2.24, 2.45) is 16.6 Å². The van der Waals surface area contributed by atoms with E-state index < -0.39 is 0 Å². The number of rotatable bonds is 8. The van der Waals surface area contributed by atoms with Gasteiger partial charge in [-0.05, 0) is 61.6 Å². The fourth-order valence-electron chi connectivity index (χ4n) is 2.79. The number of amides is 1. The molecule has 35 heavy (non-hydrogen) atoms. The predicted octanol–water partition coefficient (Wildman–Crippen LogP) is 8.11. The van der Waals surface area contributed by atoms with Crippen molar-refractivity contribution < 1.29 is 4.79 Å². The molecule has 0 bridgehead atoms. The van der Waals surface area contributed by atoms with Gasteiger partial charge in [0.1, 0.15) is 5.82 Å². The van der Waals surface area contributed by atoms with Gasteiger partial charge in [-0.1, -0.05) is 102 Å². The molecule has 2 aromatic rings. The number of allylic oxidation sites excluding steroid dienone is 3. The topological polar surface area (TPSA) is 67.5 Å². The molecule has 0 saturated heterocycles. The molecule has 1 amide bonds. The second kappa shape index (κ2) is 19.0. The SMILES string of the molecule is C=C(N)/N=C(C)\C=C/C.CCC.CCC(C)/C=C\c1cc(NC(=O)Cc2ccccc2)ccc1C. The van der Waals surface area contributed by atoms with E-state index in [-0.39, 0.29) is 5.91 Å². The summed E-state index contributed by atoms with van der Waals surface area (Å²) in [4.78, 5) is 16.0. The average molecular weight is 476 g/mol. The zero-order valence-corrected chi connectivity index (χ0v) is 22.8. The van der Waals surface area contributed by atoms with Gasteiger partial charge in [-0.25, -0.2) is 4.99 Å². The molecule has 190 valence electrons. The van der Waals surface area contributed by atoms with E-state index in [1.165, 1.54) is 12.0 Å². The summed E-state index contributed by atoms with van der Waals surface area (Å²) in [6.45, 7) is 18.0. The number of carbonyl (C=O) groups excluding carboxylic acids is 1. The smallest absolute Gasteiger partial charge is 0.228 e. The molecule has 0 saturated carbocycles. The van der Waals surface area contributed by atoms with Crippen LogP contribution in [0.1, 0.15) is 71.1 Å². The van der Waals surface area contributed by atoms with E-state index in [9.17, 15) is 4.79 Å². The van der Waals surface area contributed by atoms with E-state index in [1.807, 2.05) is 68.5 Å². The lowest BCUT2D eigenvalue weighted by Crippen LogP contribution is -2.14. The van der Waals surface area contributed by atoms with E-state index in [2.05, 4.69) is 69.7 Å². The van der Waals surface area contributed by atoms with E-state index in [0.29, 0.717) is 18.2 Å². The van der Waals surface area contributed by atoms with Gasteiger partial charge in [0.2, 0.25) is 5.91 Å². The number of hydrogen-bond acceptors (Lipinski definition) is 3. The molecule has 0 aliphatic carbocycles. The molecule has 0 aliphatic rings. The van der Waals surface area contributed by atoms with E-state index in [1.54, 1.807) is 0 Å². The van der Waals surface area contributed by atoms with Crippen LogP contribution in [0, 0.1) is 12.8 Å². The Labute approximate surface area is 213 Å². The van der Waals surface area contributed by atoms with Crippen molar-refractivity contribution in [2.45, 2.75) is 67.7 Å². The summed E-state index contributed by atoms with van der Waals surface area (Å²) in [5, 5.41) is 2.99. The lowest BCUT2D eigenvalue weighted by molar-refractivity contribution is -0.115. The number of hydrogen-bond donors (Lipinski definition) is 2. The molecule has 1 atom stereocenters. The number of nitrogens with one attached hydrogen (secondary N) is 1. The first-order chi connectivity index (χ1) is 16.7. The lowest BCUT2D eigenvalue weighted by atomic mass is 10.0. The number of aryl methyl sites for hydroxylation is 1. The summed E-state index contributed by atoms with van der Waals surface area (Å²) in [5.41, 5.74) is 10.3. The second-order valence-corrected chi connectivity index (χ2v) is 8.48. The molecule has 4 nitrogen and oxygen atoms in total. The van der Waals surface area contributed by atoms with Crippen molar-refractivity contribution in [3.8, 4) is 0 Å². The van der Waals surface area contributed by atoms with Crippen molar-refractivity contribution in [1.29, 1.82) is 0 Å². The molecular formula is C31H45N3O. The van der Waals surface area contributed by atoms with Crippen LogP contribution in [-0.2, 0) is 11.2 Å². The fourth-order valence-corrected chi connectivity index (χ4v) is 2.79. The fraction of sp³-hybridized carbons (Fsp3) is 0.355. The molecule has 0 aliphatic heterocycles. The number of carbonyl (C=O) groups is 1. The number of aliphatic imine (C=N–C) groups is 1. The average Bonchev–Trinajstić information content (AvgIpc) is 2.80. The normalized spacial score (nSPS) is 11.8. The minimum atomic E-state index is 0.0110. The Morgan fingerprint density at radius 3 is 2.31 bits per heavy atom. The molecule has 3 N–H and O–H groups in total. The third-order valence-electron chi connectivity index (χ3n) is 4.75. The quantitative estimate of drug-likeness (QED) is 0.379. The minimum Gasteiger partial charge on any atom is -0.384 e. The number of anilines is 1. The van der Waals surface area contributed by atoms with Gasteiger partial charge in [0.15, 0.2) is 0 Å². The molecule has 2 aromatic carbocycles. The van der Waals surface area contributed by atoms with E-state index >= 15 is 0 Å². The van der Waals surface area contributed by atoms with Crippen LogP contribution in [0.2, 0.25) is 0 Å². The van der Waals surface area contributed by atoms with Crippen molar-refractivity contribution in [3.05, 3.63) is 95.8 Å². The highest BCUT2D eigenvalue weighted by atomic mass is 16.1. The maximum absolute atomic E-state index is 12.2. The highest BCUT2D eigenvalue weighted by Gasteiger charge is 2.05. The van der Waals surface area contributed by atoms with Crippen molar-refractivity contribution in [1.82, 2.24) is 0 Å². The van der Waals surface area contributed by atoms with Crippen LogP contribution in [0.4, 0.5) is 5.69 Å². The van der Waals surface area contributed by atoms with Gasteiger partial charge >= 0.3 is 0 Å². The third kappa shape index (κ3) is 16.0. The highest BCUT2D eigenvalue weighted by Crippen LogP contribution is 2.18. The first-order valence-electron chi connectivity index (χ1n) is 12.4. The summed E-state index contributed by atoms with van der Waals surface area (Å²) < 4.78 is 0. The Balaban J connectivity index is 0.000000806. The second-order valence-electron chi connectivity index (χ2n) is 8.48. The third-order valence-corrected chi connectivity index (χ3v) is 4.75. The van der Waals surface area contributed by atoms with Crippen LogP contribution in [0.15, 0.2) is 84.2 Å². The zero-order chi connectivity index (χ0) is 26.6. The van der Waals surface area contributed by atoms with Crippen molar-refractivity contribution in [2.75, 3.05) is 5.32 Å². The summed E-state index contributed by atoms with van der Waals surface area (Å²) in [6, 6.07) is 15.8. The molecule has 1 unspecified atom stereocenters. The number of nitrogens with two attached hydrogens (primary N) is 1. The van der Waals surface area contributed by atoms with Gasteiger partial charge in [-0.15, -0.1) is 0 Å². The first kappa shape index (κ1) is 31.6. The molecule has 0 radical (unpaired) electrons. The lowest BCUT2D eigenvalue weighted by Gasteiger charge is -2.09. The molecule has 4 heteroatoms. The van der Waals surface area contributed by atoms with Crippen molar-refractivity contribution in [3.63, 3.8) is 0 Å². The summed E-state index contributed by atoms with van der Waals surface area (Å²) in [6.07, 6.45) is 10.9. The van der Waals surface area contributed by atoms with Crippen LogP contribution >= 0.6 is 0 Å². The number of nitrogens with zero attached hydrogens (tertiary/aromatic N) is 1. The van der Waals surface area contributed by atoms with Crippen LogP contribution in [0.25, 0.3) is 6.08 Å². The van der Waals surface area contributed by atoms with Gasteiger partial charge in [-0.2, -0.15) is 0 Å². The van der Waals surface area contributed by atoms with Crippen LogP contribution in [0.5, 0.6) is 0 Å². The maximum atomic E-state index is 12.2. The standard InChI is InChI=1S/C21H25NO.C7H12N2.C3H8/c1-4-16(2)10-12-19-15-20(13-11-17(19)3)22-21(23)14-18-8-6-5-7-9-18;1-4-5-6(2)9-7(3)8;1-3-2/h5-13,15-16H,4,14H2,1-3H3,(H,22,23);4-5H,3,8H2,1-2H3;3H2,1-2H3/b12-10-;5-4-,9-6-;. The van der Waals surface area contributed by atoms with Crippen molar-refractivity contribution >= 4 is 23.4 Å². The van der Waals surface area contributed by atoms with E-state index in [0.717, 1.165) is 28.9 Å². The Morgan fingerprint density at radius 1 is 1.14 bits per heavy atom. The maximum Gasteiger partial charge on any atom is 0.228 e. The van der Waals surface area contributed by atoms with Gasteiger partial charge in [0, 0.05) is 11.4 Å². The Morgan fingerprint density at radius 2 is 1.77 bits per heavy atom. The van der Waals surface area contributed by atoms with Crippen LogP contribution < -0.4 is 11.1 Å². The number of benzene rings is 2. The molecule has 2 rings (SSSR count). The Bertz CT molecular complexity index is 972. The Kier molecular flexibility index (Phi) is 17.1. The van der Waals surface area contributed by atoms with Crippen LogP contribution in [0.3, 0.4) is 0 Å².